The summed E-state index contributed by atoms with van der Waals surface area (Å²) in [6.07, 6.45) is 1.67. The van der Waals surface area contributed by atoms with Crippen molar-refractivity contribution in [1.29, 1.82) is 0 Å². The fourth-order valence-electron chi connectivity index (χ4n) is 1.17. The highest BCUT2D eigenvalue weighted by atomic mass is 32.2. The van der Waals surface area contributed by atoms with E-state index in [1.807, 2.05) is 6.92 Å². The average molecular weight is 261 g/mol. The van der Waals surface area contributed by atoms with Crippen LogP contribution in [0.25, 0.3) is 0 Å². The van der Waals surface area contributed by atoms with Gasteiger partial charge in [-0.15, -0.1) is 6.58 Å². The van der Waals surface area contributed by atoms with E-state index in [1.54, 1.807) is 6.08 Å². The topological polar surface area (TPSA) is 46.2 Å². The van der Waals surface area contributed by atoms with Gasteiger partial charge >= 0.3 is 5.76 Å². The van der Waals surface area contributed by atoms with Crippen LogP contribution in [0.1, 0.15) is 6.92 Å². The molecule has 0 aliphatic heterocycles. The van der Waals surface area contributed by atoms with E-state index in [4.69, 9.17) is 0 Å². The fourth-order valence-corrected chi connectivity index (χ4v) is 1.89. The predicted octanol–water partition coefficient (Wildman–Crippen LogP) is 2.67. The summed E-state index contributed by atoms with van der Waals surface area (Å²) in [4.78, 5) is -0.385. The zero-order valence-electron chi connectivity index (χ0n) is 9.23. The SMILES string of the molecule is C=CC(C)Nc1ccc(S(=O)(=O)C(F)F)cc1. The van der Waals surface area contributed by atoms with E-state index in [1.165, 1.54) is 12.1 Å². The van der Waals surface area contributed by atoms with Crippen LogP contribution in [-0.2, 0) is 9.84 Å². The molecule has 0 aliphatic carbocycles. The van der Waals surface area contributed by atoms with Gasteiger partial charge in [0.2, 0.25) is 9.84 Å². The second kappa shape index (κ2) is 5.27. The molecule has 0 aromatic heterocycles. The highest BCUT2D eigenvalue weighted by Gasteiger charge is 2.26. The average Bonchev–Trinajstić information content (AvgIpc) is 2.29. The standard InChI is InChI=1S/C11H13F2NO2S/c1-3-8(2)14-9-4-6-10(7-5-9)17(15,16)11(12)13/h3-8,11,14H,1H2,2H3. The molecular formula is C11H13F2NO2S. The van der Waals surface area contributed by atoms with Gasteiger partial charge in [0.25, 0.3) is 0 Å². The van der Waals surface area contributed by atoms with Gasteiger partial charge in [-0.3, -0.25) is 0 Å². The monoisotopic (exact) mass is 261 g/mol. The largest absolute Gasteiger partial charge is 0.379 e. The molecule has 0 bridgehead atoms. The van der Waals surface area contributed by atoms with Crippen LogP contribution in [0, 0.1) is 0 Å². The molecule has 0 aliphatic rings. The van der Waals surface area contributed by atoms with Crippen molar-refractivity contribution in [3.8, 4) is 0 Å². The number of hydrogen-bond donors (Lipinski definition) is 1. The predicted molar refractivity (Wildman–Crippen MR) is 62.9 cm³/mol. The Hall–Kier alpha value is -1.43. The third-order valence-electron chi connectivity index (χ3n) is 2.17. The lowest BCUT2D eigenvalue weighted by Gasteiger charge is -2.11. The van der Waals surface area contributed by atoms with E-state index >= 15 is 0 Å². The van der Waals surface area contributed by atoms with Gasteiger partial charge in [-0.2, -0.15) is 8.78 Å². The molecule has 0 heterocycles. The minimum absolute atomic E-state index is 0.00700. The molecule has 0 spiro atoms. The molecule has 6 heteroatoms. The Balaban J connectivity index is 2.93. The molecule has 0 saturated carbocycles. The Morgan fingerprint density at radius 2 is 1.82 bits per heavy atom. The van der Waals surface area contributed by atoms with Gasteiger partial charge in [-0.1, -0.05) is 6.08 Å². The minimum Gasteiger partial charge on any atom is -0.379 e. The molecule has 1 atom stereocenters. The van der Waals surface area contributed by atoms with Crippen LogP contribution in [0.2, 0.25) is 0 Å². The van der Waals surface area contributed by atoms with Crippen LogP contribution in [0.5, 0.6) is 0 Å². The molecule has 0 fully saturated rings. The lowest BCUT2D eigenvalue weighted by atomic mass is 10.2. The molecule has 3 nitrogen and oxygen atoms in total. The molecule has 0 saturated heterocycles. The second-order valence-corrected chi connectivity index (χ2v) is 5.42. The Morgan fingerprint density at radius 3 is 2.24 bits per heavy atom. The summed E-state index contributed by atoms with van der Waals surface area (Å²) in [7, 11) is -4.51. The number of nitrogens with one attached hydrogen (secondary N) is 1. The number of alkyl halides is 2. The summed E-state index contributed by atoms with van der Waals surface area (Å²) in [5.41, 5.74) is 0.644. The van der Waals surface area contributed by atoms with E-state index in [9.17, 15) is 17.2 Å². The molecule has 1 rings (SSSR count). The van der Waals surface area contributed by atoms with Crippen molar-refractivity contribution in [2.24, 2.45) is 0 Å². The van der Waals surface area contributed by atoms with Crippen LogP contribution in [0.15, 0.2) is 41.8 Å². The molecular weight excluding hydrogens is 248 g/mol. The summed E-state index contributed by atoms with van der Waals surface area (Å²) in [6.45, 7) is 5.44. The zero-order valence-corrected chi connectivity index (χ0v) is 10.0. The summed E-state index contributed by atoms with van der Waals surface area (Å²) in [5.74, 6) is -3.39. The fraction of sp³-hybridized carbons (Fsp3) is 0.273. The van der Waals surface area contributed by atoms with Gasteiger partial charge in [-0.05, 0) is 31.2 Å². The highest BCUT2D eigenvalue weighted by Crippen LogP contribution is 2.20. The summed E-state index contributed by atoms with van der Waals surface area (Å²) >= 11 is 0. The van der Waals surface area contributed by atoms with Gasteiger partial charge in [0.1, 0.15) is 0 Å². The third-order valence-corrected chi connectivity index (χ3v) is 3.56. The van der Waals surface area contributed by atoms with E-state index < -0.39 is 15.6 Å². The van der Waals surface area contributed by atoms with E-state index in [0.717, 1.165) is 12.1 Å². The van der Waals surface area contributed by atoms with Crippen molar-refractivity contribution in [3.63, 3.8) is 0 Å². The van der Waals surface area contributed by atoms with Crippen molar-refractivity contribution >= 4 is 15.5 Å². The lowest BCUT2D eigenvalue weighted by Crippen LogP contribution is -2.13. The molecule has 0 amide bonds. The maximum atomic E-state index is 12.2. The van der Waals surface area contributed by atoms with Gasteiger partial charge in [-0.25, -0.2) is 8.42 Å². The van der Waals surface area contributed by atoms with Gasteiger partial charge in [0.05, 0.1) is 4.90 Å². The van der Waals surface area contributed by atoms with Crippen LogP contribution in [0.3, 0.4) is 0 Å². The molecule has 1 N–H and O–H groups in total. The number of rotatable bonds is 5. The van der Waals surface area contributed by atoms with Crippen LogP contribution in [-0.4, -0.2) is 20.2 Å². The first-order valence-corrected chi connectivity index (χ1v) is 6.43. The lowest BCUT2D eigenvalue weighted by molar-refractivity contribution is 0.234. The highest BCUT2D eigenvalue weighted by molar-refractivity contribution is 7.91. The molecule has 1 unspecified atom stereocenters. The van der Waals surface area contributed by atoms with Crippen molar-refractivity contribution in [1.82, 2.24) is 0 Å². The molecule has 0 radical (unpaired) electrons. The first-order chi connectivity index (χ1) is 7.87. The first kappa shape index (κ1) is 13.6. The first-order valence-electron chi connectivity index (χ1n) is 4.89. The normalized spacial score (nSPS) is 13.4. The Bertz CT molecular complexity index is 483. The van der Waals surface area contributed by atoms with Crippen LogP contribution < -0.4 is 5.32 Å². The van der Waals surface area contributed by atoms with E-state index in [0.29, 0.717) is 5.69 Å². The number of hydrogen-bond acceptors (Lipinski definition) is 3. The second-order valence-electron chi connectivity index (χ2n) is 3.50. The van der Waals surface area contributed by atoms with Crippen LogP contribution >= 0.6 is 0 Å². The summed E-state index contributed by atoms with van der Waals surface area (Å²) in [6, 6.07) is 5.19. The summed E-state index contributed by atoms with van der Waals surface area (Å²) in [5, 5.41) is 3.00. The van der Waals surface area contributed by atoms with Gasteiger partial charge < -0.3 is 5.32 Å². The minimum atomic E-state index is -4.51. The molecule has 17 heavy (non-hydrogen) atoms. The molecule has 1 aromatic carbocycles. The van der Waals surface area contributed by atoms with Crippen molar-refractivity contribution in [2.45, 2.75) is 23.6 Å². The zero-order chi connectivity index (χ0) is 13.1. The number of sulfone groups is 1. The smallest absolute Gasteiger partial charge is 0.341 e. The maximum absolute atomic E-state index is 12.2. The quantitative estimate of drug-likeness (QED) is 0.829. The third kappa shape index (κ3) is 3.26. The molecule has 94 valence electrons. The Kier molecular flexibility index (Phi) is 4.22. The van der Waals surface area contributed by atoms with Gasteiger partial charge in [0.15, 0.2) is 0 Å². The summed E-state index contributed by atoms with van der Waals surface area (Å²) < 4.78 is 46.8. The van der Waals surface area contributed by atoms with Crippen LogP contribution in [0.4, 0.5) is 14.5 Å². The van der Waals surface area contributed by atoms with E-state index in [-0.39, 0.29) is 10.9 Å². The Morgan fingerprint density at radius 1 is 1.29 bits per heavy atom. The van der Waals surface area contributed by atoms with Crippen molar-refractivity contribution in [2.75, 3.05) is 5.32 Å². The van der Waals surface area contributed by atoms with E-state index in [2.05, 4.69) is 11.9 Å². The van der Waals surface area contributed by atoms with Gasteiger partial charge in [0, 0.05) is 11.7 Å². The maximum Gasteiger partial charge on any atom is 0.341 e. The number of anilines is 1. The molecule has 1 aromatic rings. The van der Waals surface area contributed by atoms with Crippen molar-refractivity contribution < 1.29 is 17.2 Å². The number of halogens is 2. The Labute approximate surface area is 99.1 Å². The number of benzene rings is 1. The van der Waals surface area contributed by atoms with Crippen molar-refractivity contribution in [3.05, 3.63) is 36.9 Å².